The summed E-state index contributed by atoms with van der Waals surface area (Å²) in [6.07, 6.45) is 0.722. The number of benzene rings is 2. The summed E-state index contributed by atoms with van der Waals surface area (Å²) >= 11 is 0. The summed E-state index contributed by atoms with van der Waals surface area (Å²) in [7, 11) is 0. The van der Waals surface area contributed by atoms with Crippen molar-refractivity contribution in [3.63, 3.8) is 0 Å². The third kappa shape index (κ3) is 3.83. The molecule has 0 radical (unpaired) electrons. The zero-order chi connectivity index (χ0) is 17.1. The van der Waals surface area contributed by atoms with E-state index in [1.54, 1.807) is 6.07 Å². The average molecular weight is 314 g/mol. The lowest BCUT2D eigenvalue weighted by Crippen LogP contribution is -2.02. The predicted octanol–water partition coefficient (Wildman–Crippen LogP) is 4.30. The van der Waals surface area contributed by atoms with Gasteiger partial charge in [-0.25, -0.2) is 0 Å². The van der Waals surface area contributed by atoms with Gasteiger partial charge in [-0.3, -0.25) is 4.79 Å². The fourth-order valence-corrected chi connectivity index (χ4v) is 2.74. The third-order valence-electron chi connectivity index (χ3n) is 3.83. The van der Waals surface area contributed by atoms with Crippen LogP contribution in [0.15, 0.2) is 24.3 Å². The molecule has 0 aliphatic heterocycles. The Hall–Kier alpha value is -2.49. The first kappa shape index (κ1) is 16.9. The molecule has 0 aliphatic rings. The Balaban J connectivity index is 2.37. The van der Waals surface area contributed by atoms with E-state index in [2.05, 4.69) is 0 Å². The van der Waals surface area contributed by atoms with Gasteiger partial charge in [0.05, 0.1) is 6.42 Å². The van der Waals surface area contributed by atoms with Crippen molar-refractivity contribution in [3.8, 4) is 17.2 Å². The molecule has 0 bridgehead atoms. The van der Waals surface area contributed by atoms with Gasteiger partial charge in [0.25, 0.3) is 0 Å². The molecule has 0 aliphatic carbocycles. The van der Waals surface area contributed by atoms with E-state index in [1.165, 1.54) is 0 Å². The fraction of sp³-hybridized carbons (Fsp3) is 0.316. The maximum Gasteiger partial charge on any atom is 0.307 e. The molecule has 0 unspecified atom stereocenters. The number of hydrogen-bond donors (Lipinski definition) is 2. The molecule has 0 fully saturated rings. The molecule has 0 amide bonds. The molecule has 2 rings (SSSR count). The zero-order valence-electron chi connectivity index (χ0n) is 13.9. The van der Waals surface area contributed by atoms with E-state index in [-0.39, 0.29) is 6.42 Å². The van der Waals surface area contributed by atoms with Crippen molar-refractivity contribution in [2.75, 3.05) is 0 Å². The van der Waals surface area contributed by atoms with Crippen molar-refractivity contribution < 1.29 is 19.7 Å². The number of hydrogen-bond acceptors (Lipinski definition) is 3. The molecule has 0 aromatic heterocycles. The predicted molar refractivity (Wildman–Crippen MR) is 89.6 cm³/mol. The maximum absolute atomic E-state index is 10.9. The Kier molecular flexibility index (Phi) is 4.94. The lowest BCUT2D eigenvalue weighted by molar-refractivity contribution is -0.136. The second-order valence-electron chi connectivity index (χ2n) is 5.83. The van der Waals surface area contributed by atoms with Crippen molar-refractivity contribution in [3.05, 3.63) is 52.1 Å². The molecule has 2 N–H and O–H groups in total. The Morgan fingerprint density at radius 3 is 2.17 bits per heavy atom. The molecule has 4 nitrogen and oxygen atoms in total. The van der Waals surface area contributed by atoms with Gasteiger partial charge in [-0.05, 0) is 67.1 Å². The summed E-state index contributed by atoms with van der Waals surface area (Å²) < 4.78 is 6.02. The largest absolute Gasteiger partial charge is 0.507 e. The van der Waals surface area contributed by atoms with E-state index >= 15 is 0 Å². The van der Waals surface area contributed by atoms with Crippen molar-refractivity contribution in [1.29, 1.82) is 0 Å². The van der Waals surface area contributed by atoms with Gasteiger partial charge in [0.15, 0.2) is 0 Å². The summed E-state index contributed by atoms with van der Waals surface area (Å²) in [5.41, 5.74) is 4.17. The van der Waals surface area contributed by atoms with Crippen LogP contribution in [0.5, 0.6) is 17.2 Å². The summed E-state index contributed by atoms with van der Waals surface area (Å²) in [5.74, 6) is 0.866. The summed E-state index contributed by atoms with van der Waals surface area (Å²) in [4.78, 5) is 10.9. The number of carboxylic acids is 1. The van der Waals surface area contributed by atoms with Gasteiger partial charge in [0.1, 0.15) is 17.2 Å². The van der Waals surface area contributed by atoms with Crippen molar-refractivity contribution in [1.82, 2.24) is 0 Å². The molecule has 2 aromatic carbocycles. The minimum Gasteiger partial charge on any atom is -0.507 e. The zero-order valence-corrected chi connectivity index (χ0v) is 13.9. The number of phenols is 1. The highest BCUT2D eigenvalue weighted by atomic mass is 16.5. The fourth-order valence-electron chi connectivity index (χ4n) is 2.74. The number of phenolic OH excluding ortho intramolecular Hbond substituents is 1. The van der Waals surface area contributed by atoms with Crippen LogP contribution < -0.4 is 4.74 Å². The van der Waals surface area contributed by atoms with E-state index in [0.717, 1.165) is 40.0 Å². The molecule has 122 valence electrons. The van der Waals surface area contributed by atoms with Crippen LogP contribution in [-0.4, -0.2) is 16.2 Å². The van der Waals surface area contributed by atoms with E-state index in [9.17, 15) is 9.90 Å². The molecular weight excluding hydrogens is 292 g/mol. The highest BCUT2D eigenvalue weighted by Gasteiger charge is 2.12. The van der Waals surface area contributed by atoms with Gasteiger partial charge in [-0.1, -0.05) is 19.1 Å². The average Bonchev–Trinajstić information content (AvgIpc) is 2.45. The highest BCUT2D eigenvalue weighted by Crippen LogP contribution is 2.34. The Bertz CT molecular complexity index is 724. The van der Waals surface area contributed by atoms with E-state index in [4.69, 9.17) is 9.84 Å². The van der Waals surface area contributed by atoms with Crippen LogP contribution in [0.2, 0.25) is 0 Å². The summed E-state index contributed by atoms with van der Waals surface area (Å²) in [6, 6.07) is 7.32. The van der Waals surface area contributed by atoms with Gasteiger partial charge < -0.3 is 14.9 Å². The van der Waals surface area contributed by atoms with Crippen LogP contribution >= 0.6 is 0 Å². The van der Waals surface area contributed by atoms with Crippen LogP contribution in [0.25, 0.3) is 0 Å². The maximum atomic E-state index is 10.9. The first-order valence-electron chi connectivity index (χ1n) is 7.64. The highest BCUT2D eigenvalue weighted by molar-refractivity contribution is 5.70. The lowest BCUT2D eigenvalue weighted by atomic mass is 10.0. The smallest absolute Gasteiger partial charge is 0.307 e. The minimum atomic E-state index is -0.848. The molecule has 0 saturated heterocycles. The van der Waals surface area contributed by atoms with Gasteiger partial charge in [-0.2, -0.15) is 0 Å². The Labute approximate surface area is 136 Å². The number of aryl methyl sites for hydroxylation is 4. The summed E-state index contributed by atoms with van der Waals surface area (Å²) in [6.45, 7) is 7.63. The standard InChI is InChI=1S/C19H22O4/c1-5-15-10-16(8-11(2)18(15)22)23-19-12(3)6-14(7-13(19)4)9-17(20)21/h6-8,10,22H,5,9H2,1-4H3,(H,20,21). The van der Waals surface area contributed by atoms with Crippen molar-refractivity contribution in [2.24, 2.45) is 0 Å². The molecule has 2 aromatic rings. The van der Waals surface area contributed by atoms with Crippen LogP contribution in [0.1, 0.15) is 34.7 Å². The molecule has 0 atom stereocenters. The first-order chi connectivity index (χ1) is 10.8. The molecule has 23 heavy (non-hydrogen) atoms. The number of carboxylic acid groups (broad SMARTS) is 1. The Morgan fingerprint density at radius 1 is 1.04 bits per heavy atom. The van der Waals surface area contributed by atoms with Gasteiger partial charge in [0.2, 0.25) is 0 Å². The molecular formula is C19H22O4. The van der Waals surface area contributed by atoms with Gasteiger partial charge in [0, 0.05) is 0 Å². The first-order valence-corrected chi connectivity index (χ1v) is 7.64. The van der Waals surface area contributed by atoms with Gasteiger partial charge in [-0.15, -0.1) is 0 Å². The Morgan fingerprint density at radius 2 is 1.65 bits per heavy atom. The van der Waals surface area contributed by atoms with Crippen LogP contribution in [0.4, 0.5) is 0 Å². The number of rotatable bonds is 5. The number of ether oxygens (including phenoxy) is 1. The molecule has 4 heteroatoms. The van der Waals surface area contributed by atoms with Crippen LogP contribution in [0, 0.1) is 20.8 Å². The van der Waals surface area contributed by atoms with E-state index in [0.29, 0.717) is 11.5 Å². The SMILES string of the molecule is CCc1cc(Oc2c(C)cc(CC(=O)O)cc2C)cc(C)c1O. The quantitative estimate of drug-likeness (QED) is 0.863. The van der Waals surface area contributed by atoms with Crippen LogP contribution in [-0.2, 0) is 17.6 Å². The van der Waals surface area contributed by atoms with E-state index < -0.39 is 5.97 Å². The second kappa shape index (κ2) is 6.73. The van der Waals surface area contributed by atoms with E-state index in [1.807, 2.05) is 45.9 Å². The number of carbonyl (C=O) groups is 1. The number of aliphatic carboxylic acids is 1. The lowest BCUT2D eigenvalue weighted by Gasteiger charge is -2.15. The van der Waals surface area contributed by atoms with Crippen LogP contribution in [0.3, 0.4) is 0 Å². The van der Waals surface area contributed by atoms with Crippen molar-refractivity contribution in [2.45, 2.75) is 40.5 Å². The molecule has 0 spiro atoms. The number of aromatic hydroxyl groups is 1. The van der Waals surface area contributed by atoms with Gasteiger partial charge >= 0.3 is 5.97 Å². The normalized spacial score (nSPS) is 10.6. The summed E-state index contributed by atoms with van der Waals surface area (Å²) in [5, 5.41) is 18.9. The third-order valence-corrected chi connectivity index (χ3v) is 3.83. The molecule has 0 saturated carbocycles. The monoisotopic (exact) mass is 314 g/mol. The van der Waals surface area contributed by atoms with Crippen molar-refractivity contribution >= 4 is 5.97 Å². The topological polar surface area (TPSA) is 66.8 Å². The minimum absolute atomic E-state index is 0.000258. The molecule has 0 heterocycles. The second-order valence-corrected chi connectivity index (χ2v) is 5.83.